The molecule has 2 N–H and O–H groups in total. The van der Waals surface area contributed by atoms with Gasteiger partial charge in [-0.05, 0) is 19.8 Å². The maximum atomic E-state index is 11.4. The lowest BCUT2D eigenvalue weighted by molar-refractivity contribution is -0.152. The molecule has 15 heavy (non-hydrogen) atoms. The Morgan fingerprint density at radius 3 is 2.80 bits per heavy atom. The first kappa shape index (κ1) is 10.4. The zero-order chi connectivity index (χ0) is 11.0. The topological polar surface area (TPSA) is 69.6 Å². The normalized spacial score (nSPS) is 36.9. The number of carboxylic acids is 1. The molecule has 1 saturated heterocycles. The summed E-state index contributed by atoms with van der Waals surface area (Å²) in [4.78, 5) is 24.3. The molecule has 5 nitrogen and oxygen atoms in total. The number of nitrogens with one attached hydrogen (secondary N) is 1. The highest BCUT2D eigenvalue weighted by atomic mass is 16.4. The smallest absolute Gasteiger partial charge is 0.308 e. The van der Waals surface area contributed by atoms with Crippen molar-refractivity contribution < 1.29 is 14.7 Å². The van der Waals surface area contributed by atoms with Crippen LogP contribution in [0.4, 0.5) is 0 Å². The Kier molecular flexibility index (Phi) is 2.65. The summed E-state index contributed by atoms with van der Waals surface area (Å²) in [7, 11) is 0. The summed E-state index contributed by atoms with van der Waals surface area (Å²) in [5.74, 6) is -1.000. The molecule has 1 amide bonds. The van der Waals surface area contributed by atoms with Crippen molar-refractivity contribution in [2.75, 3.05) is 13.1 Å². The van der Waals surface area contributed by atoms with Gasteiger partial charge in [-0.25, -0.2) is 0 Å². The molecule has 1 heterocycles. The molecule has 3 atom stereocenters. The van der Waals surface area contributed by atoms with Gasteiger partial charge in [0, 0.05) is 19.1 Å². The average Bonchev–Trinajstić information content (AvgIpc) is 2.10. The highest BCUT2D eigenvalue weighted by Gasteiger charge is 2.43. The van der Waals surface area contributed by atoms with Crippen LogP contribution in [-0.4, -0.2) is 47.1 Å². The SMILES string of the molecule is CC1C(=O)NCCN1C1CCC1C(=O)O. The van der Waals surface area contributed by atoms with Crippen molar-refractivity contribution in [2.24, 2.45) is 5.92 Å². The standard InChI is InChI=1S/C10H16N2O3/c1-6-9(13)11-4-5-12(6)8-3-2-7(8)10(14)15/h6-8H,2-5H2,1H3,(H,11,13)(H,14,15). The van der Waals surface area contributed by atoms with Gasteiger partial charge in [-0.2, -0.15) is 0 Å². The average molecular weight is 212 g/mol. The third-order valence-corrected chi connectivity index (χ3v) is 3.53. The first-order valence-electron chi connectivity index (χ1n) is 5.37. The second-order valence-corrected chi connectivity index (χ2v) is 4.29. The quantitative estimate of drug-likeness (QED) is 0.657. The van der Waals surface area contributed by atoms with E-state index in [1.54, 1.807) is 0 Å². The molecule has 1 saturated carbocycles. The molecule has 0 aromatic rings. The van der Waals surface area contributed by atoms with Crippen molar-refractivity contribution in [3.05, 3.63) is 0 Å². The van der Waals surface area contributed by atoms with Crippen molar-refractivity contribution >= 4 is 11.9 Å². The van der Waals surface area contributed by atoms with E-state index in [9.17, 15) is 9.59 Å². The van der Waals surface area contributed by atoms with Gasteiger partial charge in [-0.1, -0.05) is 0 Å². The zero-order valence-electron chi connectivity index (χ0n) is 8.77. The van der Waals surface area contributed by atoms with Crippen LogP contribution in [0.25, 0.3) is 0 Å². The van der Waals surface area contributed by atoms with Crippen LogP contribution in [0.2, 0.25) is 0 Å². The Hall–Kier alpha value is -1.10. The van der Waals surface area contributed by atoms with Gasteiger partial charge < -0.3 is 10.4 Å². The van der Waals surface area contributed by atoms with Gasteiger partial charge in [0.15, 0.2) is 0 Å². The number of hydrogen-bond donors (Lipinski definition) is 2. The Bertz CT molecular complexity index is 292. The summed E-state index contributed by atoms with van der Waals surface area (Å²) in [5.41, 5.74) is 0. The summed E-state index contributed by atoms with van der Waals surface area (Å²) in [6.45, 7) is 3.24. The summed E-state index contributed by atoms with van der Waals surface area (Å²) in [6.07, 6.45) is 1.64. The Labute approximate surface area is 88.4 Å². The first-order valence-corrected chi connectivity index (χ1v) is 5.37. The van der Waals surface area contributed by atoms with Gasteiger partial charge in [0.2, 0.25) is 5.91 Å². The number of carboxylic acid groups (broad SMARTS) is 1. The summed E-state index contributed by atoms with van der Waals surface area (Å²) in [6, 6.07) is -0.130. The summed E-state index contributed by atoms with van der Waals surface area (Å²) < 4.78 is 0. The molecule has 0 spiro atoms. The fourth-order valence-corrected chi connectivity index (χ4v) is 2.42. The van der Waals surface area contributed by atoms with Crippen molar-refractivity contribution in [3.63, 3.8) is 0 Å². The first-order chi connectivity index (χ1) is 7.11. The van der Waals surface area contributed by atoms with Crippen LogP contribution >= 0.6 is 0 Å². The molecule has 2 fully saturated rings. The van der Waals surface area contributed by atoms with Gasteiger partial charge in [-0.3, -0.25) is 14.5 Å². The number of hydrogen-bond acceptors (Lipinski definition) is 3. The summed E-state index contributed by atoms with van der Waals surface area (Å²) >= 11 is 0. The van der Waals surface area contributed by atoms with E-state index in [-0.39, 0.29) is 23.9 Å². The van der Waals surface area contributed by atoms with Gasteiger partial charge in [0.05, 0.1) is 12.0 Å². The minimum atomic E-state index is -0.732. The lowest BCUT2D eigenvalue weighted by Gasteiger charge is -2.46. The van der Waals surface area contributed by atoms with Crippen molar-refractivity contribution in [2.45, 2.75) is 31.8 Å². The van der Waals surface area contributed by atoms with Gasteiger partial charge in [0.25, 0.3) is 0 Å². The largest absolute Gasteiger partial charge is 0.481 e. The molecule has 1 aliphatic carbocycles. The molecule has 5 heteroatoms. The van der Waals surface area contributed by atoms with Crippen LogP contribution in [0.1, 0.15) is 19.8 Å². The Morgan fingerprint density at radius 2 is 2.27 bits per heavy atom. The molecule has 0 aromatic heterocycles. The van der Waals surface area contributed by atoms with E-state index in [0.717, 1.165) is 19.4 Å². The fraction of sp³-hybridized carbons (Fsp3) is 0.800. The lowest BCUT2D eigenvalue weighted by Crippen LogP contribution is -2.62. The van der Waals surface area contributed by atoms with Crippen molar-refractivity contribution in [1.82, 2.24) is 10.2 Å². The monoisotopic (exact) mass is 212 g/mol. The van der Waals surface area contributed by atoms with Gasteiger partial charge in [0.1, 0.15) is 0 Å². The highest BCUT2D eigenvalue weighted by molar-refractivity contribution is 5.82. The zero-order valence-corrected chi connectivity index (χ0v) is 8.77. The number of carbonyl (C=O) groups excluding carboxylic acids is 1. The van der Waals surface area contributed by atoms with E-state index >= 15 is 0 Å². The van der Waals surface area contributed by atoms with E-state index in [4.69, 9.17) is 5.11 Å². The fourth-order valence-electron chi connectivity index (χ4n) is 2.42. The number of carbonyl (C=O) groups is 2. The van der Waals surface area contributed by atoms with Gasteiger partial charge in [-0.15, -0.1) is 0 Å². The minimum absolute atomic E-state index is 0.0114. The number of amides is 1. The van der Waals surface area contributed by atoms with E-state index in [1.165, 1.54) is 0 Å². The number of rotatable bonds is 2. The molecule has 0 bridgehead atoms. The lowest BCUT2D eigenvalue weighted by atomic mass is 9.77. The minimum Gasteiger partial charge on any atom is -0.481 e. The third-order valence-electron chi connectivity index (χ3n) is 3.53. The molecule has 0 radical (unpaired) electrons. The van der Waals surface area contributed by atoms with Crippen LogP contribution in [0, 0.1) is 5.92 Å². The third kappa shape index (κ3) is 1.71. The van der Waals surface area contributed by atoms with Crippen LogP contribution in [-0.2, 0) is 9.59 Å². The summed E-state index contributed by atoms with van der Waals surface area (Å²) in [5, 5.41) is 11.7. The van der Waals surface area contributed by atoms with Crippen LogP contribution in [0.5, 0.6) is 0 Å². The van der Waals surface area contributed by atoms with Crippen LogP contribution in [0.15, 0.2) is 0 Å². The molecule has 0 aromatic carbocycles. The van der Waals surface area contributed by atoms with Crippen molar-refractivity contribution in [1.29, 1.82) is 0 Å². The number of piperazine rings is 1. The van der Waals surface area contributed by atoms with E-state index in [0.29, 0.717) is 6.54 Å². The van der Waals surface area contributed by atoms with E-state index < -0.39 is 5.97 Å². The predicted octanol–water partition coefficient (Wildman–Crippen LogP) is -0.330. The maximum absolute atomic E-state index is 11.4. The molecular formula is C10H16N2O3. The van der Waals surface area contributed by atoms with E-state index in [2.05, 4.69) is 5.32 Å². The molecule has 2 rings (SSSR count). The molecular weight excluding hydrogens is 196 g/mol. The maximum Gasteiger partial charge on any atom is 0.308 e. The number of aliphatic carboxylic acids is 1. The van der Waals surface area contributed by atoms with E-state index in [1.807, 2.05) is 11.8 Å². The molecule has 1 aliphatic heterocycles. The molecule has 2 aliphatic rings. The van der Waals surface area contributed by atoms with Crippen LogP contribution < -0.4 is 5.32 Å². The van der Waals surface area contributed by atoms with Gasteiger partial charge >= 0.3 is 5.97 Å². The Balaban J connectivity index is 2.03. The molecule has 84 valence electrons. The number of nitrogens with zero attached hydrogens (tertiary/aromatic N) is 1. The molecule has 3 unspecified atom stereocenters. The van der Waals surface area contributed by atoms with Crippen molar-refractivity contribution in [3.8, 4) is 0 Å². The van der Waals surface area contributed by atoms with Crippen LogP contribution in [0.3, 0.4) is 0 Å². The Morgan fingerprint density at radius 1 is 1.53 bits per heavy atom. The predicted molar refractivity (Wildman–Crippen MR) is 53.3 cm³/mol. The second kappa shape index (κ2) is 3.81. The second-order valence-electron chi connectivity index (χ2n) is 4.29. The highest BCUT2D eigenvalue weighted by Crippen LogP contribution is 2.33.